The third-order valence-corrected chi connectivity index (χ3v) is 5.91. The number of halogens is 1. The molecule has 1 aliphatic carbocycles. The lowest BCUT2D eigenvalue weighted by molar-refractivity contribution is 0.0635. The molecule has 10 nitrogen and oxygen atoms in total. The van der Waals surface area contributed by atoms with Gasteiger partial charge in [-0.25, -0.2) is 19.2 Å². The fourth-order valence-corrected chi connectivity index (χ4v) is 3.83. The maximum Gasteiger partial charge on any atom is 0.413 e. The van der Waals surface area contributed by atoms with Gasteiger partial charge in [0.1, 0.15) is 27.9 Å². The number of anilines is 3. The molecule has 0 spiro atoms. The van der Waals surface area contributed by atoms with Crippen molar-refractivity contribution in [2.75, 3.05) is 16.0 Å². The molecule has 2 heterocycles. The molecule has 1 aromatic carbocycles. The largest absolute Gasteiger partial charge is 0.489 e. The summed E-state index contributed by atoms with van der Waals surface area (Å²) < 4.78 is 25.6. The highest BCUT2D eigenvalue weighted by Crippen LogP contribution is 2.28. The van der Waals surface area contributed by atoms with Crippen LogP contribution < -0.4 is 20.7 Å². The zero-order valence-corrected chi connectivity index (χ0v) is 21.8. The molecule has 0 bridgehead atoms. The zero-order valence-electron chi connectivity index (χ0n) is 21.0. The number of amides is 3. The minimum atomic E-state index is -0.800. The summed E-state index contributed by atoms with van der Waals surface area (Å²) >= 11 is 0.919. The topological polar surface area (TPSA) is 132 Å². The van der Waals surface area contributed by atoms with Crippen molar-refractivity contribution in [2.45, 2.75) is 45.3 Å². The predicted octanol–water partition coefficient (Wildman–Crippen LogP) is 5.71. The first-order chi connectivity index (χ1) is 18.0. The van der Waals surface area contributed by atoms with Gasteiger partial charge in [-0.1, -0.05) is 24.0 Å². The van der Waals surface area contributed by atoms with Crippen molar-refractivity contribution in [3.8, 4) is 5.75 Å². The van der Waals surface area contributed by atoms with E-state index in [1.165, 1.54) is 24.5 Å². The molecule has 4 rings (SSSR count). The van der Waals surface area contributed by atoms with Crippen molar-refractivity contribution in [1.82, 2.24) is 9.97 Å². The number of rotatable bonds is 8. The number of benzene rings is 1. The molecule has 1 fully saturated rings. The first-order valence-corrected chi connectivity index (χ1v) is 12.5. The molecule has 3 N–H and O–H groups in total. The molecule has 0 aliphatic heterocycles. The van der Waals surface area contributed by atoms with E-state index in [-0.39, 0.29) is 38.7 Å². The molecule has 1 aliphatic rings. The second kappa shape index (κ2) is 11.0. The van der Waals surface area contributed by atoms with Gasteiger partial charge >= 0.3 is 6.09 Å². The van der Waals surface area contributed by atoms with Gasteiger partial charge in [-0.2, -0.15) is 0 Å². The first-order valence-electron chi connectivity index (χ1n) is 11.7. The van der Waals surface area contributed by atoms with Crippen LogP contribution in [0, 0.1) is 5.82 Å². The standard InChI is InChI=1S/C26H26FN5O5S/c1-5-14-10-18(27)17(22(33)31-21-9-8-16(12-28-21)36-15-6-7-15)11-19(14)30-23(34)20-13-29-24(38-20)32-25(35)37-26(2,3)4/h5,8-13,15H,1,6-7H2,2-4H3,(H,30,34)(H,28,31,33)(H,29,32,35). The zero-order chi connectivity index (χ0) is 27.4. The summed E-state index contributed by atoms with van der Waals surface area (Å²) in [5.41, 5.74) is -0.571. The molecular weight excluding hydrogens is 513 g/mol. The van der Waals surface area contributed by atoms with E-state index < -0.39 is 29.3 Å². The van der Waals surface area contributed by atoms with Crippen molar-refractivity contribution in [1.29, 1.82) is 0 Å². The van der Waals surface area contributed by atoms with E-state index in [4.69, 9.17) is 9.47 Å². The highest BCUT2D eigenvalue weighted by atomic mass is 32.1. The smallest absolute Gasteiger partial charge is 0.413 e. The average molecular weight is 540 g/mol. The lowest BCUT2D eigenvalue weighted by atomic mass is 10.1. The van der Waals surface area contributed by atoms with Crippen LogP contribution in [0.25, 0.3) is 6.08 Å². The van der Waals surface area contributed by atoms with Crippen LogP contribution >= 0.6 is 11.3 Å². The number of ether oxygens (including phenoxy) is 2. The van der Waals surface area contributed by atoms with Gasteiger partial charge in [-0.3, -0.25) is 14.9 Å². The van der Waals surface area contributed by atoms with Gasteiger partial charge in [0.05, 0.1) is 24.1 Å². The molecule has 1 saturated carbocycles. The van der Waals surface area contributed by atoms with Crippen LogP contribution in [0.3, 0.4) is 0 Å². The Bertz CT molecular complexity index is 1380. The maximum atomic E-state index is 14.8. The van der Waals surface area contributed by atoms with E-state index >= 15 is 0 Å². The SMILES string of the molecule is C=Cc1cc(F)c(C(=O)Nc2ccc(OC3CC3)cn2)cc1NC(=O)c1cnc(NC(=O)OC(C)(C)C)s1. The van der Waals surface area contributed by atoms with Crippen LogP contribution in [0.15, 0.2) is 43.2 Å². The molecule has 0 saturated heterocycles. The maximum absolute atomic E-state index is 14.8. The van der Waals surface area contributed by atoms with Crippen molar-refractivity contribution in [2.24, 2.45) is 0 Å². The van der Waals surface area contributed by atoms with E-state index in [9.17, 15) is 18.8 Å². The first kappa shape index (κ1) is 26.7. The summed E-state index contributed by atoms with van der Waals surface area (Å²) in [6, 6.07) is 5.54. The highest BCUT2D eigenvalue weighted by molar-refractivity contribution is 7.17. The molecule has 0 atom stereocenters. The third-order valence-electron chi connectivity index (χ3n) is 4.99. The molecular formula is C26H26FN5O5S. The highest BCUT2D eigenvalue weighted by Gasteiger charge is 2.24. The van der Waals surface area contributed by atoms with E-state index in [2.05, 4.69) is 32.5 Å². The molecule has 0 radical (unpaired) electrons. The van der Waals surface area contributed by atoms with Gasteiger partial charge in [0.2, 0.25) is 0 Å². The van der Waals surface area contributed by atoms with Crippen LogP contribution in [-0.2, 0) is 4.74 Å². The lowest BCUT2D eigenvalue weighted by Gasteiger charge is -2.18. The Balaban J connectivity index is 1.45. The number of carbonyl (C=O) groups is 3. The van der Waals surface area contributed by atoms with Gasteiger partial charge in [0, 0.05) is 11.3 Å². The van der Waals surface area contributed by atoms with Gasteiger partial charge in [0.25, 0.3) is 11.8 Å². The average Bonchev–Trinajstić information content (AvgIpc) is 3.54. The monoisotopic (exact) mass is 539 g/mol. The summed E-state index contributed by atoms with van der Waals surface area (Å²) in [5.74, 6) is -1.33. The minimum Gasteiger partial charge on any atom is -0.489 e. The third kappa shape index (κ3) is 7.13. The molecule has 2 aromatic heterocycles. The number of aromatic nitrogens is 2. The number of hydrogen-bond donors (Lipinski definition) is 3. The van der Waals surface area contributed by atoms with E-state index in [1.54, 1.807) is 32.9 Å². The molecule has 0 unspecified atom stereocenters. The van der Waals surface area contributed by atoms with Gasteiger partial charge in [-0.05, 0) is 57.9 Å². The van der Waals surface area contributed by atoms with Crippen molar-refractivity contribution >= 4 is 52.0 Å². The Morgan fingerprint density at radius 2 is 1.84 bits per heavy atom. The number of nitrogens with zero attached hydrogens (tertiary/aromatic N) is 2. The minimum absolute atomic E-state index is 0.160. The number of hydrogen-bond acceptors (Lipinski definition) is 8. The summed E-state index contributed by atoms with van der Waals surface area (Å²) in [6.07, 6.45) is 5.62. The Hall–Kier alpha value is -4.32. The van der Waals surface area contributed by atoms with Crippen LogP contribution in [0.5, 0.6) is 5.75 Å². The molecule has 3 amide bonds. The molecule has 12 heteroatoms. The van der Waals surface area contributed by atoms with Gasteiger partial charge < -0.3 is 20.1 Å². The number of nitrogens with one attached hydrogen (secondary N) is 3. The van der Waals surface area contributed by atoms with Crippen LogP contribution in [0.4, 0.5) is 25.8 Å². The van der Waals surface area contributed by atoms with Crippen LogP contribution in [0.2, 0.25) is 0 Å². The fourth-order valence-electron chi connectivity index (χ4n) is 3.14. The fraction of sp³-hybridized carbons (Fsp3) is 0.269. The van der Waals surface area contributed by atoms with Crippen molar-refractivity contribution in [3.63, 3.8) is 0 Å². The quantitative estimate of drug-likeness (QED) is 0.334. The molecule has 3 aromatic rings. The van der Waals surface area contributed by atoms with Crippen molar-refractivity contribution < 1.29 is 28.2 Å². The van der Waals surface area contributed by atoms with Gasteiger partial charge in [0.15, 0.2) is 5.13 Å². The summed E-state index contributed by atoms with van der Waals surface area (Å²) in [7, 11) is 0. The summed E-state index contributed by atoms with van der Waals surface area (Å²) in [4.78, 5) is 45.9. The predicted molar refractivity (Wildman–Crippen MR) is 142 cm³/mol. The molecule has 38 heavy (non-hydrogen) atoms. The Morgan fingerprint density at radius 3 is 2.47 bits per heavy atom. The Kier molecular flexibility index (Phi) is 7.72. The van der Waals surface area contributed by atoms with E-state index in [1.807, 2.05) is 0 Å². The number of carbonyl (C=O) groups excluding carboxylic acids is 3. The van der Waals surface area contributed by atoms with Crippen LogP contribution in [0.1, 0.15) is 59.2 Å². The summed E-state index contributed by atoms with van der Waals surface area (Å²) in [6.45, 7) is 8.81. The van der Waals surface area contributed by atoms with Crippen molar-refractivity contribution in [3.05, 3.63) is 65.1 Å². The van der Waals surface area contributed by atoms with E-state index in [0.717, 1.165) is 30.2 Å². The van der Waals surface area contributed by atoms with E-state index in [0.29, 0.717) is 5.75 Å². The van der Waals surface area contributed by atoms with Crippen LogP contribution in [-0.4, -0.2) is 39.6 Å². The Labute approximate surface area is 222 Å². The number of pyridine rings is 1. The summed E-state index contributed by atoms with van der Waals surface area (Å²) in [5, 5.41) is 7.80. The second-order valence-electron chi connectivity index (χ2n) is 9.38. The van der Waals surface area contributed by atoms with Gasteiger partial charge in [-0.15, -0.1) is 0 Å². The lowest BCUT2D eigenvalue weighted by Crippen LogP contribution is -2.27. The second-order valence-corrected chi connectivity index (χ2v) is 10.4. The Morgan fingerprint density at radius 1 is 1.08 bits per heavy atom. The number of thiazole rings is 1. The normalized spacial score (nSPS) is 12.8. The molecule has 198 valence electrons.